The minimum absolute atomic E-state index is 0.0443. The molecule has 1 amide bonds. The summed E-state index contributed by atoms with van der Waals surface area (Å²) in [6.45, 7) is 0.524. The molecule has 1 aromatic heterocycles. The average molecular weight is 335 g/mol. The van der Waals surface area contributed by atoms with Gasteiger partial charge in [-0.1, -0.05) is 6.07 Å². The highest BCUT2D eigenvalue weighted by atomic mass is 79.9. The standard InChI is InChI=1S/C15H15BrN2O2/c1-18(10-11-4-3-7-17-9-11)15(19)12-5-6-14(20-2)13(16)8-12/h3-9H,10H2,1-2H3. The van der Waals surface area contributed by atoms with E-state index in [9.17, 15) is 4.79 Å². The Morgan fingerprint density at radius 2 is 2.20 bits per heavy atom. The van der Waals surface area contributed by atoms with Crippen molar-refractivity contribution in [1.82, 2.24) is 9.88 Å². The van der Waals surface area contributed by atoms with Gasteiger partial charge in [-0.05, 0) is 45.8 Å². The summed E-state index contributed by atoms with van der Waals surface area (Å²) in [5.74, 6) is 0.661. The molecule has 0 radical (unpaired) electrons. The number of amides is 1. The van der Waals surface area contributed by atoms with Crippen molar-refractivity contribution in [2.24, 2.45) is 0 Å². The SMILES string of the molecule is COc1ccc(C(=O)N(C)Cc2cccnc2)cc1Br. The number of aromatic nitrogens is 1. The van der Waals surface area contributed by atoms with Gasteiger partial charge in [-0.3, -0.25) is 9.78 Å². The van der Waals surface area contributed by atoms with Crippen LogP contribution in [-0.2, 0) is 6.54 Å². The minimum Gasteiger partial charge on any atom is -0.496 e. The van der Waals surface area contributed by atoms with Crippen LogP contribution in [0.25, 0.3) is 0 Å². The van der Waals surface area contributed by atoms with Gasteiger partial charge in [0, 0.05) is 31.5 Å². The van der Waals surface area contributed by atoms with Crippen molar-refractivity contribution in [1.29, 1.82) is 0 Å². The van der Waals surface area contributed by atoms with Crippen molar-refractivity contribution in [2.75, 3.05) is 14.2 Å². The molecule has 104 valence electrons. The van der Waals surface area contributed by atoms with Crippen LogP contribution in [0.4, 0.5) is 0 Å². The summed E-state index contributed by atoms with van der Waals surface area (Å²) < 4.78 is 5.92. The third-order valence-corrected chi connectivity index (χ3v) is 3.51. The molecule has 0 saturated heterocycles. The second-order valence-corrected chi connectivity index (χ2v) is 5.23. The number of pyridine rings is 1. The molecule has 2 rings (SSSR count). The summed E-state index contributed by atoms with van der Waals surface area (Å²) in [5.41, 5.74) is 1.61. The molecule has 0 aliphatic rings. The highest BCUT2D eigenvalue weighted by Gasteiger charge is 2.13. The fraction of sp³-hybridized carbons (Fsp3) is 0.200. The lowest BCUT2D eigenvalue weighted by Gasteiger charge is -2.17. The second kappa shape index (κ2) is 6.52. The number of benzene rings is 1. The summed E-state index contributed by atoms with van der Waals surface area (Å²) in [4.78, 5) is 18.0. The van der Waals surface area contributed by atoms with Crippen molar-refractivity contribution >= 4 is 21.8 Å². The predicted octanol–water partition coefficient (Wildman–Crippen LogP) is 3.12. The monoisotopic (exact) mass is 334 g/mol. The lowest BCUT2D eigenvalue weighted by atomic mass is 10.2. The number of hydrogen-bond acceptors (Lipinski definition) is 3. The molecule has 5 heteroatoms. The van der Waals surface area contributed by atoms with Crippen LogP contribution in [0, 0.1) is 0 Å². The predicted molar refractivity (Wildman–Crippen MR) is 80.7 cm³/mol. The van der Waals surface area contributed by atoms with E-state index in [2.05, 4.69) is 20.9 Å². The summed E-state index contributed by atoms with van der Waals surface area (Å²) >= 11 is 3.39. The third kappa shape index (κ3) is 3.36. The molecule has 20 heavy (non-hydrogen) atoms. The van der Waals surface area contributed by atoms with E-state index < -0.39 is 0 Å². The van der Waals surface area contributed by atoms with E-state index in [1.807, 2.05) is 12.1 Å². The maximum Gasteiger partial charge on any atom is 0.253 e. The van der Waals surface area contributed by atoms with Crippen molar-refractivity contribution in [3.63, 3.8) is 0 Å². The topological polar surface area (TPSA) is 42.4 Å². The normalized spacial score (nSPS) is 10.2. The van der Waals surface area contributed by atoms with Gasteiger partial charge in [0.15, 0.2) is 0 Å². The lowest BCUT2D eigenvalue weighted by Crippen LogP contribution is -2.26. The summed E-state index contributed by atoms with van der Waals surface area (Å²) in [6.07, 6.45) is 3.47. The second-order valence-electron chi connectivity index (χ2n) is 4.37. The fourth-order valence-electron chi connectivity index (χ4n) is 1.86. The van der Waals surface area contributed by atoms with E-state index in [4.69, 9.17) is 4.74 Å². The molecule has 0 aliphatic heterocycles. The maximum absolute atomic E-state index is 12.3. The average Bonchev–Trinajstić information content (AvgIpc) is 2.47. The minimum atomic E-state index is -0.0443. The molecule has 2 aromatic rings. The number of halogens is 1. The first kappa shape index (κ1) is 14.5. The Morgan fingerprint density at radius 3 is 2.80 bits per heavy atom. The van der Waals surface area contributed by atoms with Crippen LogP contribution in [0.5, 0.6) is 5.75 Å². The Bertz CT molecular complexity index is 602. The van der Waals surface area contributed by atoms with Gasteiger partial charge in [0.1, 0.15) is 5.75 Å². The molecule has 0 fully saturated rings. The number of rotatable bonds is 4. The first-order chi connectivity index (χ1) is 9.61. The van der Waals surface area contributed by atoms with E-state index in [1.165, 1.54) is 0 Å². The first-order valence-corrected chi connectivity index (χ1v) is 6.89. The van der Waals surface area contributed by atoms with Crippen LogP contribution in [0.3, 0.4) is 0 Å². The van der Waals surface area contributed by atoms with E-state index in [1.54, 1.807) is 49.7 Å². The molecule has 4 nitrogen and oxygen atoms in total. The molecule has 0 bridgehead atoms. The lowest BCUT2D eigenvalue weighted by molar-refractivity contribution is 0.0785. The molecular weight excluding hydrogens is 320 g/mol. The number of nitrogens with zero attached hydrogens (tertiary/aromatic N) is 2. The van der Waals surface area contributed by atoms with E-state index in [0.717, 1.165) is 10.0 Å². The number of hydrogen-bond donors (Lipinski definition) is 0. The molecule has 0 aliphatic carbocycles. The van der Waals surface area contributed by atoms with Crippen LogP contribution in [-0.4, -0.2) is 29.9 Å². The van der Waals surface area contributed by atoms with Gasteiger partial charge < -0.3 is 9.64 Å². The Morgan fingerprint density at radius 1 is 1.40 bits per heavy atom. The van der Waals surface area contributed by atoms with Gasteiger partial charge in [0.25, 0.3) is 5.91 Å². The zero-order valence-electron chi connectivity index (χ0n) is 11.3. The highest BCUT2D eigenvalue weighted by Crippen LogP contribution is 2.26. The summed E-state index contributed by atoms with van der Waals surface area (Å²) in [7, 11) is 3.36. The molecule has 0 saturated carbocycles. The molecule has 0 atom stereocenters. The van der Waals surface area contributed by atoms with Crippen LogP contribution >= 0.6 is 15.9 Å². The molecule has 0 spiro atoms. The van der Waals surface area contributed by atoms with Gasteiger partial charge in [0.2, 0.25) is 0 Å². The number of carbonyl (C=O) groups excluding carboxylic acids is 1. The Labute approximate surface area is 126 Å². The summed E-state index contributed by atoms with van der Waals surface area (Å²) in [6, 6.07) is 9.10. The smallest absolute Gasteiger partial charge is 0.253 e. The Balaban J connectivity index is 2.12. The molecule has 0 unspecified atom stereocenters. The van der Waals surface area contributed by atoms with E-state index >= 15 is 0 Å². The van der Waals surface area contributed by atoms with Gasteiger partial charge >= 0.3 is 0 Å². The number of carbonyl (C=O) groups is 1. The van der Waals surface area contributed by atoms with Crippen LogP contribution in [0.2, 0.25) is 0 Å². The van der Waals surface area contributed by atoms with Crippen molar-refractivity contribution in [2.45, 2.75) is 6.54 Å². The van der Waals surface area contributed by atoms with E-state index in [0.29, 0.717) is 17.9 Å². The van der Waals surface area contributed by atoms with Crippen LogP contribution in [0.1, 0.15) is 15.9 Å². The Hall–Kier alpha value is -1.88. The van der Waals surface area contributed by atoms with Crippen LogP contribution in [0.15, 0.2) is 47.2 Å². The van der Waals surface area contributed by atoms with Crippen LogP contribution < -0.4 is 4.74 Å². The molecule has 1 aromatic carbocycles. The van der Waals surface area contributed by atoms with E-state index in [-0.39, 0.29) is 5.91 Å². The zero-order valence-corrected chi connectivity index (χ0v) is 12.9. The molecule has 0 N–H and O–H groups in total. The maximum atomic E-state index is 12.3. The van der Waals surface area contributed by atoms with Gasteiger partial charge in [0.05, 0.1) is 11.6 Å². The number of methoxy groups -OCH3 is 1. The van der Waals surface area contributed by atoms with Crippen molar-refractivity contribution in [3.8, 4) is 5.75 Å². The van der Waals surface area contributed by atoms with Crippen molar-refractivity contribution < 1.29 is 9.53 Å². The largest absolute Gasteiger partial charge is 0.496 e. The summed E-state index contributed by atoms with van der Waals surface area (Å²) in [5, 5.41) is 0. The first-order valence-electron chi connectivity index (χ1n) is 6.09. The Kier molecular flexibility index (Phi) is 4.74. The van der Waals surface area contributed by atoms with Crippen molar-refractivity contribution in [3.05, 3.63) is 58.3 Å². The molecule has 1 heterocycles. The highest BCUT2D eigenvalue weighted by molar-refractivity contribution is 9.10. The zero-order chi connectivity index (χ0) is 14.5. The van der Waals surface area contributed by atoms with Gasteiger partial charge in [-0.2, -0.15) is 0 Å². The third-order valence-electron chi connectivity index (χ3n) is 2.89. The number of ether oxygens (including phenoxy) is 1. The van der Waals surface area contributed by atoms with Gasteiger partial charge in [-0.25, -0.2) is 0 Å². The molecular formula is C15H15BrN2O2. The quantitative estimate of drug-likeness (QED) is 0.862. The van der Waals surface area contributed by atoms with Gasteiger partial charge in [-0.15, -0.1) is 0 Å². The fourth-order valence-corrected chi connectivity index (χ4v) is 2.40.